The third kappa shape index (κ3) is 3.08. The highest BCUT2D eigenvalue weighted by atomic mass is 16.4. The van der Waals surface area contributed by atoms with Gasteiger partial charge in [0.2, 0.25) is 0 Å². The summed E-state index contributed by atoms with van der Waals surface area (Å²) in [5.41, 5.74) is 2.11. The lowest BCUT2D eigenvalue weighted by atomic mass is 10.0. The summed E-state index contributed by atoms with van der Waals surface area (Å²) in [5.74, 6) is -0.992. The van der Waals surface area contributed by atoms with E-state index in [-0.39, 0.29) is 5.57 Å². The van der Waals surface area contributed by atoms with E-state index in [4.69, 9.17) is 5.26 Å². The lowest BCUT2D eigenvalue weighted by Gasteiger charge is -2.03. The Morgan fingerprint density at radius 1 is 1.05 bits per heavy atom. The maximum Gasteiger partial charge on any atom is 0.336 e. The zero-order valence-electron chi connectivity index (χ0n) is 10.1. The molecule has 0 saturated carbocycles. The third-order valence-electron chi connectivity index (χ3n) is 2.67. The minimum atomic E-state index is -0.992. The van der Waals surface area contributed by atoms with E-state index >= 15 is 0 Å². The van der Waals surface area contributed by atoms with Crippen molar-refractivity contribution in [3.8, 4) is 6.07 Å². The van der Waals surface area contributed by atoms with Crippen LogP contribution in [0.3, 0.4) is 0 Å². The second-order valence-corrected chi connectivity index (χ2v) is 3.96. The standard InChI is InChI=1S/C16H11NO2/c17-11-13-6-8-14(9-7-13)15(16(18)19)10-12-4-2-1-3-5-12/h1-10H,(H,18,19)/b15-10+. The van der Waals surface area contributed by atoms with Crippen molar-refractivity contribution in [2.75, 3.05) is 0 Å². The van der Waals surface area contributed by atoms with Crippen LogP contribution in [0.2, 0.25) is 0 Å². The second kappa shape index (κ2) is 5.65. The molecule has 1 N–H and O–H groups in total. The first kappa shape index (κ1) is 12.6. The second-order valence-electron chi connectivity index (χ2n) is 3.96. The van der Waals surface area contributed by atoms with Crippen molar-refractivity contribution in [1.29, 1.82) is 5.26 Å². The Balaban J connectivity index is 2.43. The molecule has 0 fully saturated rings. The molecule has 0 bridgehead atoms. The SMILES string of the molecule is N#Cc1ccc(/C(=C\c2ccccc2)C(=O)O)cc1. The van der Waals surface area contributed by atoms with E-state index in [2.05, 4.69) is 0 Å². The summed E-state index contributed by atoms with van der Waals surface area (Å²) in [4.78, 5) is 11.3. The van der Waals surface area contributed by atoms with Gasteiger partial charge in [-0.15, -0.1) is 0 Å². The topological polar surface area (TPSA) is 61.1 Å². The molecule has 0 unspecified atom stereocenters. The maximum atomic E-state index is 11.3. The summed E-state index contributed by atoms with van der Waals surface area (Å²) in [6.45, 7) is 0. The normalized spacial score (nSPS) is 10.8. The van der Waals surface area contributed by atoms with Gasteiger partial charge in [0.1, 0.15) is 0 Å². The van der Waals surface area contributed by atoms with Crippen LogP contribution in [0.4, 0.5) is 0 Å². The van der Waals surface area contributed by atoms with Gasteiger partial charge in [-0.3, -0.25) is 0 Å². The van der Waals surface area contributed by atoms with Crippen molar-refractivity contribution < 1.29 is 9.90 Å². The number of hydrogen-bond acceptors (Lipinski definition) is 2. The molecule has 0 amide bonds. The highest BCUT2D eigenvalue weighted by Crippen LogP contribution is 2.19. The van der Waals surface area contributed by atoms with E-state index in [1.165, 1.54) is 0 Å². The predicted octanol–water partition coefficient (Wildman–Crippen LogP) is 3.18. The van der Waals surface area contributed by atoms with Gasteiger partial charge in [-0.2, -0.15) is 5.26 Å². The van der Waals surface area contributed by atoms with E-state index in [9.17, 15) is 9.90 Å². The van der Waals surface area contributed by atoms with E-state index in [0.29, 0.717) is 11.1 Å². The summed E-state index contributed by atoms with van der Waals surface area (Å²) in [5, 5.41) is 18.0. The first-order valence-corrected chi connectivity index (χ1v) is 5.71. The van der Waals surface area contributed by atoms with Gasteiger partial charge in [0.25, 0.3) is 0 Å². The van der Waals surface area contributed by atoms with Gasteiger partial charge in [0, 0.05) is 0 Å². The molecule has 2 aromatic rings. The molecule has 2 aromatic carbocycles. The quantitative estimate of drug-likeness (QED) is 0.671. The Labute approximate surface area is 111 Å². The largest absolute Gasteiger partial charge is 0.478 e. The first-order valence-electron chi connectivity index (χ1n) is 5.71. The monoisotopic (exact) mass is 249 g/mol. The fourth-order valence-corrected chi connectivity index (χ4v) is 1.71. The van der Waals surface area contributed by atoms with Gasteiger partial charge in [0.15, 0.2) is 0 Å². The van der Waals surface area contributed by atoms with Crippen molar-refractivity contribution in [3.05, 3.63) is 71.3 Å². The first-order chi connectivity index (χ1) is 9.20. The molecule has 3 heteroatoms. The van der Waals surface area contributed by atoms with Crippen LogP contribution in [0.5, 0.6) is 0 Å². The number of carboxylic acid groups (broad SMARTS) is 1. The molecule has 0 aromatic heterocycles. The molecule has 0 saturated heterocycles. The van der Waals surface area contributed by atoms with Crippen molar-refractivity contribution >= 4 is 17.6 Å². The van der Waals surface area contributed by atoms with Crippen LogP contribution in [0.25, 0.3) is 11.6 Å². The van der Waals surface area contributed by atoms with Crippen molar-refractivity contribution in [2.45, 2.75) is 0 Å². The molecule has 0 radical (unpaired) electrons. The van der Waals surface area contributed by atoms with Gasteiger partial charge in [-0.25, -0.2) is 4.79 Å². The summed E-state index contributed by atoms with van der Waals surface area (Å²) in [7, 11) is 0. The third-order valence-corrected chi connectivity index (χ3v) is 2.67. The van der Waals surface area contributed by atoms with Crippen molar-refractivity contribution in [3.63, 3.8) is 0 Å². The van der Waals surface area contributed by atoms with E-state index in [0.717, 1.165) is 5.56 Å². The van der Waals surface area contributed by atoms with Crippen LogP contribution in [0.1, 0.15) is 16.7 Å². The van der Waals surface area contributed by atoms with Crippen LogP contribution in [-0.2, 0) is 4.79 Å². The van der Waals surface area contributed by atoms with Crippen molar-refractivity contribution in [2.24, 2.45) is 0 Å². The average Bonchev–Trinajstić information content (AvgIpc) is 2.46. The number of rotatable bonds is 3. The van der Waals surface area contributed by atoms with Gasteiger partial charge in [-0.05, 0) is 29.3 Å². The predicted molar refractivity (Wildman–Crippen MR) is 73.1 cm³/mol. The van der Waals surface area contributed by atoms with Crippen LogP contribution in [0.15, 0.2) is 54.6 Å². The van der Waals surface area contributed by atoms with E-state index in [1.807, 2.05) is 36.4 Å². The van der Waals surface area contributed by atoms with Crippen LogP contribution < -0.4 is 0 Å². The Morgan fingerprint density at radius 2 is 1.68 bits per heavy atom. The van der Waals surface area contributed by atoms with Crippen LogP contribution in [0, 0.1) is 11.3 Å². The molecular weight excluding hydrogens is 238 g/mol. The van der Waals surface area contributed by atoms with Gasteiger partial charge in [-0.1, -0.05) is 42.5 Å². The van der Waals surface area contributed by atoms with E-state index < -0.39 is 5.97 Å². The number of carbonyl (C=O) groups is 1. The summed E-state index contributed by atoms with van der Waals surface area (Å²) >= 11 is 0. The fourth-order valence-electron chi connectivity index (χ4n) is 1.71. The van der Waals surface area contributed by atoms with Crippen molar-refractivity contribution in [1.82, 2.24) is 0 Å². The molecule has 0 aliphatic heterocycles. The molecule has 3 nitrogen and oxygen atoms in total. The Hall–Kier alpha value is -2.86. The highest BCUT2D eigenvalue weighted by molar-refractivity contribution is 6.20. The number of carboxylic acids is 1. The smallest absolute Gasteiger partial charge is 0.336 e. The lowest BCUT2D eigenvalue weighted by molar-refractivity contribution is -0.130. The molecule has 0 aliphatic carbocycles. The molecule has 0 spiro atoms. The zero-order valence-corrected chi connectivity index (χ0v) is 10.1. The molecule has 0 heterocycles. The molecule has 0 atom stereocenters. The Bertz CT molecular complexity index is 649. The molecule has 0 aliphatic rings. The Morgan fingerprint density at radius 3 is 2.21 bits per heavy atom. The summed E-state index contributed by atoms with van der Waals surface area (Å²) in [6.07, 6.45) is 1.61. The minimum Gasteiger partial charge on any atom is -0.478 e. The van der Waals surface area contributed by atoms with Crippen LogP contribution in [-0.4, -0.2) is 11.1 Å². The Kier molecular flexibility index (Phi) is 3.75. The fraction of sp³-hybridized carbons (Fsp3) is 0. The average molecular weight is 249 g/mol. The number of hydrogen-bond donors (Lipinski definition) is 1. The van der Waals surface area contributed by atoms with Gasteiger partial charge >= 0.3 is 5.97 Å². The maximum absolute atomic E-state index is 11.3. The lowest BCUT2D eigenvalue weighted by Crippen LogP contribution is -1.99. The van der Waals surface area contributed by atoms with Crippen LogP contribution >= 0.6 is 0 Å². The molecule has 92 valence electrons. The molecule has 19 heavy (non-hydrogen) atoms. The number of aliphatic carboxylic acids is 1. The molecular formula is C16H11NO2. The number of benzene rings is 2. The highest BCUT2D eigenvalue weighted by Gasteiger charge is 2.10. The minimum absolute atomic E-state index is 0.204. The van der Waals surface area contributed by atoms with Gasteiger partial charge < -0.3 is 5.11 Å². The summed E-state index contributed by atoms with van der Waals surface area (Å²) < 4.78 is 0. The number of nitriles is 1. The summed E-state index contributed by atoms with van der Waals surface area (Å²) in [6, 6.07) is 17.8. The zero-order chi connectivity index (χ0) is 13.7. The van der Waals surface area contributed by atoms with Gasteiger partial charge in [0.05, 0.1) is 17.2 Å². The van der Waals surface area contributed by atoms with E-state index in [1.54, 1.807) is 30.3 Å². The molecule has 2 rings (SSSR count). The number of nitrogens with zero attached hydrogens (tertiary/aromatic N) is 1.